The summed E-state index contributed by atoms with van der Waals surface area (Å²) in [5.74, 6) is -0.140. The first-order valence-corrected chi connectivity index (χ1v) is 7.89. The molecule has 5 nitrogen and oxygen atoms in total. The Labute approximate surface area is 164 Å². The molecule has 0 bridgehead atoms. The zero-order valence-electron chi connectivity index (χ0n) is 13.3. The molecule has 0 saturated carbocycles. The number of nitrogens with one attached hydrogen (secondary N) is 2. The van der Waals surface area contributed by atoms with Gasteiger partial charge in [-0.3, -0.25) is 9.78 Å². The van der Waals surface area contributed by atoms with Gasteiger partial charge in [-0.05, 0) is 23.8 Å². The lowest BCUT2D eigenvalue weighted by Gasteiger charge is -2.14. The van der Waals surface area contributed by atoms with E-state index in [9.17, 15) is 9.90 Å². The number of rotatable bonds is 4. The Bertz CT molecular complexity index is 698. The number of carbonyl (C=O) groups is 1. The molecule has 1 saturated heterocycles. The Kier molecular flexibility index (Phi) is 8.62. The van der Waals surface area contributed by atoms with E-state index in [0.717, 1.165) is 11.1 Å². The number of aliphatic hydroxyl groups excluding tert-OH is 1. The van der Waals surface area contributed by atoms with E-state index < -0.39 is 6.10 Å². The molecule has 8 heteroatoms. The van der Waals surface area contributed by atoms with Crippen molar-refractivity contribution in [3.63, 3.8) is 0 Å². The molecule has 25 heavy (non-hydrogen) atoms. The van der Waals surface area contributed by atoms with E-state index >= 15 is 0 Å². The number of amides is 1. The highest BCUT2D eigenvalue weighted by Gasteiger charge is 2.25. The molecule has 1 aromatic heterocycles. The van der Waals surface area contributed by atoms with Crippen molar-refractivity contribution in [2.24, 2.45) is 5.92 Å². The van der Waals surface area contributed by atoms with E-state index in [1.807, 2.05) is 12.1 Å². The Morgan fingerprint density at radius 2 is 1.92 bits per heavy atom. The van der Waals surface area contributed by atoms with Crippen LogP contribution >= 0.6 is 36.4 Å². The number of benzene rings is 1. The molecular formula is C17H20Cl3N3O2. The van der Waals surface area contributed by atoms with E-state index in [4.69, 9.17) is 11.6 Å². The third-order valence-electron chi connectivity index (χ3n) is 4.01. The van der Waals surface area contributed by atoms with Gasteiger partial charge >= 0.3 is 0 Å². The Morgan fingerprint density at radius 1 is 1.20 bits per heavy atom. The molecule has 3 rings (SSSR count). The van der Waals surface area contributed by atoms with Gasteiger partial charge in [-0.25, -0.2) is 0 Å². The van der Waals surface area contributed by atoms with Crippen molar-refractivity contribution in [1.82, 2.24) is 15.6 Å². The number of aliphatic hydroxyl groups is 1. The van der Waals surface area contributed by atoms with Gasteiger partial charge in [-0.1, -0.05) is 23.7 Å². The summed E-state index contributed by atoms with van der Waals surface area (Å²) in [5.41, 5.74) is 2.31. The van der Waals surface area contributed by atoms with Gasteiger partial charge in [-0.2, -0.15) is 0 Å². The van der Waals surface area contributed by atoms with Crippen molar-refractivity contribution in [2.75, 3.05) is 19.6 Å². The van der Waals surface area contributed by atoms with Crippen molar-refractivity contribution in [3.8, 4) is 11.1 Å². The standard InChI is InChI=1S/C17H18ClN3O2.2ClH/c18-15-3-1-11(2-4-15)12-5-13(7-19-6-12)17(23)21-9-14-8-20-10-16(14)22;;/h1-7,14,16,20,22H,8-10H2,(H,21,23);2*1H. The molecule has 2 unspecified atom stereocenters. The first-order chi connectivity index (χ1) is 11.1. The number of carbonyl (C=O) groups excluding carboxylic acids is 1. The molecule has 2 atom stereocenters. The second-order valence-corrected chi connectivity index (χ2v) is 6.10. The van der Waals surface area contributed by atoms with Crippen LogP contribution in [0, 0.1) is 5.92 Å². The van der Waals surface area contributed by atoms with Gasteiger partial charge in [-0.15, -0.1) is 24.8 Å². The largest absolute Gasteiger partial charge is 0.391 e. The fourth-order valence-electron chi connectivity index (χ4n) is 2.62. The number of halogens is 3. The minimum absolute atomic E-state index is 0. The van der Waals surface area contributed by atoms with Crippen LogP contribution in [0.4, 0.5) is 0 Å². The van der Waals surface area contributed by atoms with E-state index in [1.165, 1.54) is 6.20 Å². The van der Waals surface area contributed by atoms with Crippen LogP contribution in [0.15, 0.2) is 42.7 Å². The first kappa shape index (κ1) is 21.7. The van der Waals surface area contributed by atoms with Crippen LogP contribution in [0.2, 0.25) is 5.02 Å². The third kappa shape index (κ3) is 5.56. The van der Waals surface area contributed by atoms with Gasteiger partial charge in [0.15, 0.2) is 0 Å². The lowest BCUT2D eigenvalue weighted by Crippen LogP contribution is -2.34. The zero-order valence-corrected chi connectivity index (χ0v) is 15.7. The topological polar surface area (TPSA) is 74.2 Å². The molecule has 0 aliphatic carbocycles. The highest BCUT2D eigenvalue weighted by molar-refractivity contribution is 6.30. The average Bonchev–Trinajstić information content (AvgIpc) is 2.98. The highest BCUT2D eigenvalue weighted by Crippen LogP contribution is 2.21. The summed E-state index contributed by atoms with van der Waals surface area (Å²) in [7, 11) is 0. The van der Waals surface area contributed by atoms with E-state index in [2.05, 4.69) is 15.6 Å². The number of β-amino-alcohol motifs (C(OH)–C–C–N with tert-alkyl or cyclic N) is 1. The summed E-state index contributed by atoms with van der Waals surface area (Å²) in [6.45, 7) is 1.73. The number of aromatic nitrogens is 1. The van der Waals surface area contributed by atoms with Crippen molar-refractivity contribution in [3.05, 3.63) is 53.3 Å². The van der Waals surface area contributed by atoms with Crippen LogP contribution < -0.4 is 10.6 Å². The van der Waals surface area contributed by atoms with Crippen molar-refractivity contribution in [1.29, 1.82) is 0 Å². The first-order valence-electron chi connectivity index (χ1n) is 7.51. The molecule has 0 radical (unpaired) electrons. The lowest BCUT2D eigenvalue weighted by atomic mass is 10.0. The predicted octanol–water partition coefficient (Wildman–Crippen LogP) is 2.56. The Balaban J connectivity index is 0.00000156. The molecule has 0 spiro atoms. The Hall–Kier alpha value is -1.37. The second kappa shape index (κ2) is 9.94. The number of hydrogen-bond acceptors (Lipinski definition) is 4. The van der Waals surface area contributed by atoms with Crippen LogP contribution in [0.25, 0.3) is 11.1 Å². The predicted molar refractivity (Wildman–Crippen MR) is 104 cm³/mol. The van der Waals surface area contributed by atoms with Gasteiger partial charge in [0, 0.05) is 48.5 Å². The van der Waals surface area contributed by atoms with Crippen LogP contribution in [-0.4, -0.2) is 41.7 Å². The molecule has 1 fully saturated rings. The van der Waals surface area contributed by atoms with Gasteiger partial charge in [0.05, 0.1) is 11.7 Å². The normalized spacial score (nSPS) is 18.8. The minimum atomic E-state index is -0.408. The van der Waals surface area contributed by atoms with Crippen LogP contribution in [-0.2, 0) is 0 Å². The second-order valence-electron chi connectivity index (χ2n) is 5.66. The molecule has 2 heterocycles. The summed E-state index contributed by atoms with van der Waals surface area (Å²) in [6, 6.07) is 9.19. The number of pyridine rings is 1. The quantitative estimate of drug-likeness (QED) is 0.732. The minimum Gasteiger partial charge on any atom is -0.391 e. The summed E-state index contributed by atoms with van der Waals surface area (Å²) >= 11 is 5.89. The van der Waals surface area contributed by atoms with E-state index in [0.29, 0.717) is 30.2 Å². The smallest absolute Gasteiger partial charge is 0.252 e. The molecular weight excluding hydrogens is 385 g/mol. The summed E-state index contributed by atoms with van der Waals surface area (Å²) in [4.78, 5) is 16.4. The summed E-state index contributed by atoms with van der Waals surface area (Å²) in [6.07, 6.45) is 2.84. The lowest BCUT2D eigenvalue weighted by molar-refractivity contribution is 0.0926. The molecule has 2 aromatic rings. The SMILES string of the molecule is Cl.Cl.O=C(NCC1CNCC1O)c1cncc(-c2ccc(Cl)cc2)c1. The monoisotopic (exact) mass is 403 g/mol. The van der Waals surface area contributed by atoms with Gasteiger partial charge in [0.1, 0.15) is 0 Å². The Morgan fingerprint density at radius 3 is 2.56 bits per heavy atom. The number of nitrogens with zero attached hydrogens (tertiary/aromatic N) is 1. The molecule has 1 aliphatic rings. The van der Waals surface area contributed by atoms with Crippen LogP contribution in [0.3, 0.4) is 0 Å². The maximum Gasteiger partial charge on any atom is 0.252 e. The third-order valence-corrected chi connectivity index (χ3v) is 4.26. The molecule has 136 valence electrons. The average molecular weight is 405 g/mol. The molecule has 1 aliphatic heterocycles. The fraction of sp³-hybridized carbons (Fsp3) is 0.294. The molecule has 1 aromatic carbocycles. The van der Waals surface area contributed by atoms with Crippen molar-refractivity contribution < 1.29 is 9.90 Å². The maximum absolute atomic E-state index is 12.3. The summed E-state index contributed by atoms with van der Waals surface area (Å²) < 4.78 is 0. The zero-order chi connectivity index (χ0) is 16.2. The fourth-order valence-corrected chi connectivity index (χ4v) is 2.74. The van der Waals surface area contributed by atoms with Gasteiger partial charge in [0.2, 0.25) is 0 Å². The van der Waals surface area contributed by atoms with Gasteiger partial charge in [0.25, 0.3) is 5.91 Å². The van der Waals surface area contributed by atoms with Crippen LogP contribution in [0.1, 0.15) is 10.4 Å². The van der Waals surface area contributed by atoms with Crippen molar-refractivity contribution in [2.45, 2.75) is 6.10 Å². The highest BCUT2D eigenvalue weighted by atomic mass is 35.5. The number of hydrogen-bond donors (Lipinski definition) is 3. The molecule has 3 N–H and O–H groups in total. The van der Waals surface area contributed by atoms with Crippen LogP contribution in [0.5, 0.6) is 0 Å². The molecule has 1 amide bonds. The van der Waals surface area contributed by atoms with E-state index in [1.54, 1.807) is 24.4 Å². The van der Waals surface area contributed by atoms with Crippen molar-refractivity contribution >= 4 is 42.3 Å². The van der Waals surface area contributed by atoms with E-state index in [-0.39, 0.29) is 36.6 Å². The maximum atomic E-state index is 12.3. The summed E-state index contributed by atoms with van der Waals surface area (Å²) in [5, 5.41) is 16.4. The van der Waals surface area contributed by atoms with Gasteiger partial charge < -0.3 is 15.7 Å².